The van der Waals surface area contributed by atoms with Crippen LogP contribution in [0.1, 0.15) is 13.8 Å². The topological polar surface area (TPSA) is 67.0 Å². The van der Waals surface area contributed by atoms with E-state index in [0.717, 1.165) is 16.7 Å². The first-order chi connectivity index (χ1) is 8.20. The molecule has 17 heavy (non-hydrogen) atoms. The normalized spacial score (nSPS) is 12.4. The van der Waals surface area contributed by atoms with Crippen molar-refractivity contribution in [2.24, 2.45) is 0 Å². The number of imidazole rings is 1. The highest BCUT2D eigenvalue weighted by molar-refractivity contribution is 5.82. The van der Waals surface area contributed by atoms with E-state index in [4.69, 9.17) is 4.74 Å². The van der Waals surface area contributed by atoms with Crippen molar-refractivity contribution < 1.29 is 9.53 Å². The molecule has 0 aliphatic heterocycles. The number of aromatic amines is 1. The first-order valence-corrected chi connectivity index (χ1v) is 5.57. The second-order valence-corrected chi connectivity index (χ2v) is 3.75. The Kier molecular flexibility index (Phi) is 3.27. The van der Waals surface area contributed by atoms with Gasteiger partial charge in [0.15, 0.2) is 0 Å². The Morgan fingerprint density at radius 3 is 3.18 bits per heavy atom. The average Bonchev–Trinajstić information content (AvgIpc) is 2.76. The number of rotatable bonds is 4. The largest absolute Gasteiger partial charge is 0.464 e. The summed E-state index contributed by atoms with van der Waals surface area (Å²) in [5, 5.41) is 3.09. The summed E-state index contributed by atoms with van der Waals surface area (Å²) in [5.41, 5.74) is 2.70. The van der Waals surface area contributed by atoms with Gasteiger partial charge in [-0.25, -0.2) is 9.78 Å². The predicted molar refractivity (Wildman–Crippen MR) is 65.8 cm³/mol. The van der Waals surface area contributed by atoms with E-state index in [1.165, 1.54) is 0 Å². The molecule has 90 valence electrons. The number of esters is 1. The molecule has 0 amide bonds. The number of hydrogen-bond donors (Lipinski definition) is 2. The summed E-state index contributed by atoms with van der Waals surface area (Å²) >= 11 is 0. The molecule has 5 nitrogen and oxygen atoms in total. The fraction of sp³-hybridized carbons (Fsp3) is 0.333. The molecule has 1 atom stereocenters. The van der Waals surface area contributed by atoms with Gasteiger partial charge in [-0.1, -0.05) is 0 Å². The van der Waals surface area contributed by atoms with E-state index < -0.39 is 0 Å². The first-order valence-electron chi connectivity index (χ1n) is 5.57. The van der Waals surface area contributed by atoms with E-state index in [1.807, 2.05) is 18.2 Å². The molecule has 1 heterocycles. The number of ether oxygens (including phenoxy) is 1. The van der Waals surface area contributed by atoms with Gasteiger partial charge in [-0.15, -0.1) is 0 Å². The van der Waals surface area contributed by atoms with Crippen LogP contribution in [0.5, 0.6) is 0 Å². The minimum Gasteiger partial charge on any atom is -0.464 e. The number of nitrogens with one attached hydrogen (secondary N) is 2. The van der Waals surface area contributed by atoms with Crippen LogP contribution in [-0.2, 0) is 9.53 Å². The Balaban J connectivity index is 2.09. The lowest BCUT2D eigenvalue weighted by atomic mass is 10.2. The second-order valence-electron chi connectivity index (χ2n) is 3.75. The molecule has 1 aromatic carbocycles. The smallest absolute Gasteiger partial charge is 0.328 e. The van der Waals surface area contributed by atoms with Crippen LogP contribution in [0, 0.1) is 0 Å². The number of H-pyrrole nitrogens is 1. The maximum absolute atomic E-state index is 11.5. The van der Waals surface area contributed by atoms with Gasteiger partial charge < -0.3 is 15.0 Å². The van der Waals surface area contributed by atoms with Gasteiger partial charge in [-0.2, -0.15) is 0 Å². The van der Waals surface area contributed by atoms with Crippen LogP contribution in [0.4, 0.5) is 5.69 Å². The van der Waals surface area contributed by atoms with Crippen LogP contribution in [0.25, 0.3) is 11.0 Å². The van der Waals surface area contributed by atoms with E-state index in [0.29, 0.717) is 6.61 Å². The molecule has 1 aromatic heterocycles. The lowest BCUT2D eigenvalue weighted by molar-refractivity contribution is -0.143. The Morgan fingerprint density at radius 1 is 1.59 bits per heavy atom. The molecule has 0 aliphatic rings. The lowest BCUT2D eigenvalue weighted by Gasteiger charge is -2.13. The third kappa shape index (κ3) is 2.55. The number of nitrogens with zero attached hydrogens (tertiary/aromatic N) is 1. The van der Waals surface area contributed by atoms with Gasteiger partial charge in [0, 0.05) is 5.69 Å². The van der Waals surface area contributed by atoms with E-state index in [1.54, 1.807) is 20.2 Å². The van der Waals surface area contributed by atoms with Crippen LogP contribution in [0.15, 0.2) is 24.5 Å². The minimum atomic E-state index is -0.365. The van der Waals surface area contributed by atoms with E-state index in [-0.39, 0.29) is 12.0 Å². The SMILES string of the molecule is CCOC(=O)[C@H](C)Nc1ccc2nc[nH]c2c1. The number of hydrogen-bond acceptors (Lipinski definition) is 4. The number of fused-ring (bicyclic) bond motifs is 1. The summed E-state index contributed by atoms with van der Waals surface area (Å²) in [7, 11) is 0. The molecule has 2 N–H and O–H groups in total. The third-order valence-electron chi connectivity index (χ3n) is 2.44. The van der Waals surface area contributed by atoms with Crippen molar-refractivity contribution in [3.05, 3.63) is 24.5 Å². The van der Waals surface area contributed by atoms with Gasteiger partial charge >= 0.3 is 5.97 Å². The van der Waals surface area contributed by atoms with Crippen molar-refractivity contribution in [3.63, 3.8) is 0 Å². The molecule has 0 saturated heterocycles. The predicted octanol–water partition coefficient (Wildman–Crippen LogP) is 1.93. The number of aromatic nitrogens is 2. The van der Waals surface area contributed by atoms with Crippen molar-refractivity contribution in [2.75, 3.05) is 11.9 Å². The molecule has 0 saturated carbocycles. The van der Waals surface area contributed by atoms with Gasteiger partial charge in [0.1, 0.15) is 6.04 Å². The molecular formula is C12H15N3O2. The number of anilines is 1. The number of carbonyl (C=O) groups excluding carboxylic acids is 1. The van der Waals surface area contributed by atoms with Crippen LogP contribution in [-0.4, -0.2) is 28.6 Å². The highest BCUT2D eigenvalue weighted by Gasteiger charge is 2.13. The van der Waals surface area contributed by atoms with Crippen LogP contribution in [0.2, 0.25) is 0 Å². The highest BCUT2D eigenvalue weighted by Crippen LogP contribution is 2.16. The van der Waals surface area contributed by atoms with Crippen molar-refractivity contribution in [1.82, 2.24) is 9.97 Å². The molecule has 0 radical (unpaired) electrons. The van der Waals surface area contributed by atoms with Gasteiger partial charge in [-0.3, -0.25) is 0 Å². The zero-order valence-corrected chi connectivity index (χ0v) is 9.86. The lowest BCUT2D eigenvalue weighted by Crippen LogP contribution is -2.28. The number of benzene rings is 1. The summed E-state index contributed by atoms with van der Waals surface area (Å²) in [6.07, 6.45) is 1.64. The second kappa shape index (κ2) is 4.86. The summed E-state index contributed by atoms with van der Waals surface area (Å²) in [4.78, 5) is 18.6. The molecule has 0 spiro atoms. The van der Waals surface area contributed by atoms with Crippen molar-refractivity contribution in [3.8, 4) is 0 Å². The molecular weight excluding hydrogens is 218 g/mol. The maximum Gasteiger partial charge on any atom is 0.328 e. The van der Waals surface area contributed by atoms with Crippen LogP contribution < -0.4 is 5.32 Å². The Labute approximate surface area is 99.2 Å². The van der Waals surface area contributed by atoms with E-state index in [9.17, 15) is 4.79 Å². The quantitative estimate of drug-likeness (QED) is 0.792. The first kappa shape index (κ1) is 11.4. The standard InChI is InChI=1S/C12H15N3O2/c1-3-17-12(16)8(2)15-9-4-5-10-11(6-9)14-7-13-10/h4-8,15H,3H2,1-2H3,(H,13,14)/t8-/m0/s1. The molecule has 0 aliphatic carbocycles. The molecule has 0 bridgehead atoms. The zero-order chi connectivity index (χ0) is 12.3. The molecule has 2 aromatic rings. The zero-order valence-electron chi connectivity index (χ0n) is 9.86. The van der Waals surface area contributed by atoms with Gasteiger partial charge in [0.25, 0.3) is 0 Å². The van der Waals surface area contributed by atoms with Crippen molar-refractivity contribution in [1.29, 1.82) is 0 Å². The summed E-state index contributed by atoms with van der Waals surface area (Å²) in [5.74, 6) is -0.253. The molecule has 2 rings (SSSR count). The Hall–Kier alpha value is -2.04. The fourth-order valence-electron chi connectivity index (χ4n) is 1.60. The molecule has 0 unspecified atom stereocenters. The Morgan fingerprint density at radius 2 is 2.41 bits per heavy atom. The van der Waals surface area contributed by atoms with Gasteiger partial charge in [-0.05, 0) is 32.0 Å². The number of carbonyl (C=O) groups is 1. The summed E-state index contributed by atoms with van der Waals surface area (Å²) in [6, 6.07) is 5.33. The highest BCUT2D eigenvalue weighted by atomic mass is 16.5. The van der Waals surface area contributed by atoms with Crippen LogP contribution in [0.3, 0.4) is 0 Å². The summed E-state index contributed by atoms with van der Waals surface area (Å²) in [6.45, 7) is 3.96. The van der Waals surface area contributed by atoms with Gasteiger partial charge in [0.2, 0.25) is 0 Å². The monoisotopic (exact) mass is 233 g/mol. The van der Waals surface area contributed by atoms with Crippen molar-refractivity contribution >= 4 is 22.7 Å². The summed E-state index contributed by atoms with van der Waals surface area (Å²) < 4.78 is 4.93. The minimum absolute atomic E-state index is 0.253. The van der Waals surface area contributed by atoms with E-state index in [2.05, 4.69) is 15.3 Å². The van der Waals surface area contributed by atoms with Crippen molar-refractivity contribution in [2.45, 2.75) is 19.9 Å². The fourth-order valence-corrected chi connectivity index (χ4v) is 1.60. The molecule has 5 heteroatoms. The maximum atomic E-state index is 11.5. The van der Waals surface area contributed by atoms with Crippen LogP contribution >= 0.6 is 0 Å². The van der Waals surface area contributed by atoms with E-state index >= 15 is 0 Å². The third-order valence-corrected chi connectivity index (χ3v) is 2.44. The van der Waals surface area contributed by atoms with Gasteiger partial charge in [0.05, 0.1) is 24.0 Å². The Bertz CT molecular complexity index is 521. The molecule has 0 fully saturated rings. The average molecular weight is 233 g/mol.